The van der Waals surface area contributed by atoms with Gasteiger partial charge in [0.2, 0.25) is 0 Å². The third-order valence-electron chi connectivity index (χ3n) is 2.78. The molecular weight excluding hydrogens is 358 g/mol. The first kappa shape index (κ1) is 15.2. The molecule has 2 rings (SSSR count). The van der Waals surface area contributed by atoms with E-state index in [1.165, 1.54) is 0 Å². The molecule has 1 aromatic carbocycles. The number of hydrogen-bond donors (Lipinski definition) is 1. The molecule has 1 heterocycles. The van der Waals surface area contributed by atoms with Crippen LogP contribution < -0.4 is 10.6 Å². The van der Waals surface area contributed by atoms with E-state index in [1.54, 1.807) is 6.20 Å². The Hall–Kier alpha value is -1.17. The summed E-state index contributed by atoms with van der Waals surface area (Å²) in [6.45, 7) is 0.671. The van der Waals surface area contributed by atoms with Crippen molar-refractivity contribution < 1.29 is 0 Å². The molecule has 0 atom stereocenters. The van der Waals surface area contributed by atoms with Crippen LogP contribution in [0.1, 0.15) is 11.1 Å². The zero-order valence-corrected chi connectivity index (χ0v) is 14.0. The van der Waals surface area contributed by atoms with Gasteiger partial charge in [-0.3, -0.25) is 0 Å². The average molecular weight is 371 g/mol. The fraction of sp³-hybridized carbons (Fsp3) is 0.143. The molecule has 6 heteroatoms. The number of thiocarbonyl (C=S) groups is 1. The van der Waals surface area contributed by atoms with E-state index in [0.717, 1.165) is 21.4 Å². The van der Waals surface area contributed by atoms with Crippen LogP contribution in [0.4, 0.5) is 5.82 Å². The van der Waals surface area contributed by atoms with E-state index in [0.29, 0.717) is 16.6 Å². The van der Waals surface area contributed by atoms with E-state index < -0.39 is 0 Å². The highest BCUT2D eigenvalue weighted by molar-refractivity contribution is 9.10. The monoisotopic (exact) mass is 369 g/mol. The van der Waals surface area contributed by atoms with Crippen molar-refractivity contribution >= 4 is 50.6 Å². The summed E-state index contributed by atoms with van der Waals surface area (Å²) in [6, 6.07) is 9.66. The lowest BCUT2D eigenvalue weighted by Crippen LogP contribution is -2.18. The van der Waals surface area contributed by atoms with Gasteiger partial charge < -0.3 is 10.6 Å². The van der Waals surface area contributed by atoms with Gasteiger partial charge >= 0.3 is 0 Å². The standard InChI is InChI=1S/C14H13BrClN3S/c1-19(14-12(16)6-11(15)7-18-14)8-9-3-2-4-10(5-9)13(17)20/h2-7H,8H2,1H3,(H2,17,20). The molecule has 0 aliphatic carbocycles. The molecule has 0 saturated heterocycles. The summed E-state index contributed by atoms with van der Waals surface area (Å²) in [5.74, 6) is 0.732. The van der Waals surface area contributed by atoms with Gasteiger partial charge in [0, 0.05) is 29.8 Å². The second-order valence-corrected chi connectivity index (χ2v) is 6.14. The van der Waals surface area contributed by atoms with Crippen molar-refractivity contribution in [2.75, 3.05) is 11.9 Å². The highest BCUT2D eigenvalue weighted by atomic mass is 79.9. The molecule has 0 bridgehead atoms. The molecule has 3 nitrogen and oxygen atoms in total. The highest BCUT2D eigenvalue weighted by Crippen LogP contribution is 2.26. The Morgan fingerprint density at radius 1 is 1.45 bits per heavy atom. The Morgan fingerprint density at radius 2 is 2.20 bits per heavy atom. The van der Waals surface area contributed by atoms with Gasteiger partial charge in [-0.15, -0.1) is 0 Å². The molecule has 0 amide bonds. The van der Waals surface area contributed by atoms with E-state index in [2.05, 4.69) is 20.9 Å². The molecule has 0 aliphatic heterocycles. The number of rotatable bonds is 4. The first-order valence-electron chi connectivity index (χ1n) is 5.88. The normalized spacial score (nSPS) is 10.3. The number of nitrogens with two attached hydrogens (primary N) is 1. The number of hydrogen-bond acceptors (Lipinski definition) is 3. The fourth-order valence-electron chi connectivity index (χ4n) is 1.86. The Bertz CT molecular complexity index is 648. The zero-order valence-electron chi connectivity index (χ0n) is 10.8. The van der Waals surface area contributed by atoms with E-state index in [9.17, 15) is 0 Å². The molecule has 2 aromatic rings. The van der Waals surface area contributed by atoms with Crippen molar-refractivity contribution in [1.29, 1.82) is 0 Å². The molecule has 0 fully saturated rings. The van der Waals surface area contributed by atoms with Crippen molar-refractivity contribution in [2.24, 2.45) is 5.73 Å². The maximum atomic E-state index is 6.20. The number of aromatic nitrogens is 1. The number of benzene rings is 1. The van der Waals surface area contributed by atoms with Crippen LogP contribution in [-0.2, 0) is 6.54 Å². The second kappa shape index (κ2) is 6.52. The Balaban J connectivity index is 2.21. The van der Waals surface area contributed by atoms with Crippen LogP contribution in [0, 0.1) is 0 Å². The molecule has 1 aromatic heterocycles. The molecule has 2 N–H and O–H groups in total. The van der Waals surface area contributed by atoms with Gasteiger partial charge in [0.1, 0.15) is 10.8 Å². The van der Waals surface area contributed by atoms with Crippen molar-refractivity contribution in [2.45, 2.75) is 6.54 Å². The molecule has 0 saturated carbocycles. The van der Waals surface area contributed by atoms with Gasteiger partial charge in [0.15, 0.2) is 0 Å². The Morgan fingerprint density at radius 3 is 2.85 bits per heavy atom. The van der Waals surface area contributed by atoms with Crippen LogP contribution in [0.3, 0.4) is 0 Å². The molecular formula is C14H13BrClN3S. The zero-order chi connectivity index (χ0) is 14.7. The van der Waals surface area contributed by atoms with Crippen LogP contribution in [0.2, 0.25) is 5.02 Å². The lowest BCUT2D eigenvalue weighted by atomic mass is 10.1. The molecule has 0 aliphatic rings. The number of nitrogens with zero attached hydrogens (tertiary/aromatic N) is 2. The van der Waals surface area contributed by atoms with Crippen LogP contribution in [-0.4, -0.2) is 17.0 Å². The van der Waals surface area contributed by atoms with Crippen molar-refractivity contribution in [1.82, 2.24) is 4.98 Å². The van der Waals surface area contributed by atoms with Crippen molar-refractivity contribution in [3.63, 3.8) is 0 Å². The summed E-state index contributed by atoms with van der Waals surface area (Å²) >= 11 is 14.5. The lowest BCUT2D eigenvalue weighted by Gasteiger charge is -2.19. The number of halogens is 2. The van der Waals surface area contributed by atoms with Gasteiger partial charge in [-0.1, -0.05) is 42.0 Å². The largest absolute Gasteiger partial charge is 0.389 e. The first-order chi connectivity index (χ1) is 9.47. The minimum Gasteiger partial charge on any atom is -0.389 e. The summed E-state index contributed by atoms with van der Waals surface area (Å²) in [5, 5.41) is 0.604. The highest BCUT2D eigenvalue weighted by Gasteiger charge is 2.09. The summed E-state index contributed by atoms with van der Waals surface area (Å²) in [4.78, 5) is 6.71. The quantitative estimate of drug-likeness (QED) is 0.832. The third-order valence-corrected chi connectivity index (χ3v) is 3.73. The predicted octanol–water partition coefficient (Wildman–Crippen LogP) is 3.77. The minimum atomic E-state index is 0.398. The smallest absolute Gasteiger partial charge is 0.147 e. The average Bonchev–Trinajstić information content (AvgIpc) is 2.38. The van der Waals surface area contributed by atoms with Gasteiger partial charge in [0.25, 0.3) is 0 Å². The maximum absolute atomic E-state index is 6.20. The van der Waals surface area contributed by atoms with Gasteiger partial charge in [-0.05, 0) is 33.6 Å². The SMILES string of the molecule is CN(Cc1cccc(C(N)=S)c1)c1ncc(Br)cc1Cl. The van der Waals surface area contributed by atoms with Crippen molar-refractivity contribution in [3.05, 3.63) is 57.2 Å². The third kappa shape index (κ3) is 3.69. The van der Waals surface area contributed by atoms with Crippen LogP contribution in [0.15, 0.2) is 41.0 Å². The van der Waals surface area contributed by atoms with Gasteiger partial charge in [-0.25, -0.2) is 4.98 Å². The Kier molecular flexibility index (Phi) is 4.96. The van der Waals surface area contributed by atoms with E-state index >= 15 is 0 Å². The summed E-state index contributed by atoms with van der Waals surface area (Å²) in [6.07, 6.45) is 1.73. The minimum absolute atomic E-state index is 0.398. The predicted molar refractivity (Wildman–Crippen MR) is 91.4 cm³/mol. The van der Waals surface area contributed by atoms with Crippen LogP contribution >= 0.6 is 39.7 Å². The van der Waals surface area contributed by atoms with Crippen LogP contribution in [0.5, 0.6) is 0 Å². The van der Waals surface area contributed by atoms with Crippen molar-refractivity contribution in [3.8, 4) is 0 Å². The molecule has 104 valence electrons. The van der Waals surface area contributed by atoms with Gasteiger partial charge in [-0.2, -0.15) is 0 Å². The van der Waals surface area contributed by atoms with E-state index in [1.807, 2.05) is 42.3 Å². The second-order valence-electron chi connectivity index (χ2n) is 4.38. The van der Waals surface area contributed by atoms with Gasteiger partial charge in [0.05, 0.1) is 5.02 Å². The van der Waals surface area contributed by atoms with E-state index in [4.69, 9.17) is 29.6 Å². The number of anilines is 1. The van der Waals surface area contributed by atoms with Crippen LogP contribution in [0.25, 0.3) is 0 Å². The fourth-order valence-corrected chi connectivity index (χ4v) is 2.76. The molecule has 20 heavy (non-hydrogen) atoms. The molecule has 0 spiro atoms. The Labute approximate surface area is 136 Å². The first-order valence-corrected chi connectivity index (χ1v) is 7.46. The lowest BCUT2D eigenvalue weighted by molar-refractivity contribution is 0.897. The summed E-state index contributed by atoms with van der Waals surface area (Å²) in [7, 11) is 1.94. The summed E-state index contributed by atoms with van der Waals surface area (Å²) < 4.78 is 0.857. The maximum Gasteiger partial charge on any atom is 0.147 e. The number of pyridine rings is 1. The van der Waals surface area contributed by atoms with E-state index in [-0.39, 0.29) is 0 Å². The molecule has 0 radical (unpaired) electrons. The summed E-state index contributed by atoms with van der Waals surface area (Å²) in [5.41, 5.74) is 7.60. The molecule has 0 unspecified atom stereocenters. The topological polar surface area (TPSA) is 42.1 Å².